The zero-order chi connectivity index (χ0) is 14.4. The fourth-order valence-corrected chi connectivity index (χ4v) is 2.14. The second kappa shape index (κ2) is 7.23. The Balaban J connectivity index is 2.05. The minimum atomic E-state index is 0.266. The number of aromatic nitrogens is 3. The lowest BCUT2D eigenvalue weighted by Crippen LogP contribution is -2.33. The maximum absolute atomic E-state index is 5.54. The summed E-state index contributed by atoms with van der Waals surface area (Å²) in [6.45, 7) is 5.76. The van der Waals surface area contributed by atoms with Gasteiger partial charge in [0.25, 0.3) is 0 Å². The van der Waals surface area contributed by atoms with Gasteiger partial charge in [0.1, 0.15) is 0 Å². The molecule has 0 aromatic carbocycles. The number of rotatable bonds is 6. The molecule has 2 N–H and O–H groups in total. The molecule has 0 amide bonds. The number of anilines is 2. The largest absolute Gasteiger partial charge is 0.467 e. The lowest BCUT2D eigenvalue weighted by atomic mass is 10.0. The van der Waals surface area contributed by atoms with Crippen molar-refractivity contribution in [3.8, 4) is 6.01 Å². The van der Waals surface area contributed by atoms with E-state index in [9.17, 15) is 0 Å². The van der Waals surface area contributed by atoms with E-state index in [1.807, 2.05) is 0 Å². The summed E-state index contributed by atoms with van der Waals surface area (Å²) in [5, 5.41) is 6.49. The van der Waals surface area contributed by atoms with Crippen LogP contribution in [0.2, 0.25) is 0 Å². The van der Waals surface area contributed by atoms with Crippen LogP contribution in [0.4, 0.5) is 11.9 Å². The van der Waals surface area contributed by atoms with E-state index in [-0.39, 0.29) is 6.10 Å². The molecule has 0 aliphatic carbocycles. The average Bonchev–Trinajstić information content (AvgIpc) is 2.45. The van der Waals surface area contributed by atoms with Crippen molar-refractivity contribution in [2.45, 2.75) is 45.3 Å². The number of methoxy groups -OCH3 is 1. The first-order chi connectivity index (χ1) is 9.71. The summed E-state index contributed by atoms with van der Waals surface area (Å²) in [5.41, 5.74) is 0. The Morgan fingerprint density at radius 2 is 2.10 bits per heavy atom. The highest BCUT2D eigenvalue weighted by Crippen LogP contribution is 2.18. The van der Waals surface area contributed by atoms with Gasteiger partial charge in [-0.25, -0.2) is 0 Å². The monoisotopic (exact) mass is 281 g/mol. The molecule has 1 aromatic rings. The van der Waals surface area contributed by atoms with Crippen LogP contribution in [0.3, 0.4) is 0 Å². The van der Waals surface area contributed by atoms with Gasteiger partial charge in [-0.2, -0.15) is 15.0 Å². The predicted molar refractivity (Wildman–Crippen MR) is 77.2 cm³/mol. The number of nitrogens with zero attached hydrogens (tertiary/aromatic N) is 3. The third kappa shape index (κ3) is 4.19. The second-order valence-corrected chi connectivity index (χ2v) is 4.94. The van der Waals surface area contributed by atoms with Gasteiger partial charge in [0, 0.05) is 19.2 Å². The summed E-state index contributed by atoms with van der Waals surface area (Å²) >= 11 is 0. The Hall–Kier alpha value is -1.63. The molecule has 7 heteroatoms. The van der Waals surface area contributed by atoms with Crippen molar-refractivity contribution in [2.24, 2.45) is 0 Å². The van der Waals surface area contributed by atoms with Crippen molar-refractivity contribution in [3.63, 3.8) is 0 Å². The van der Waals surface area contributed by atoms with E-state index < -0.39 is 0 Å². The van der Waals surface area contributed by atoms with Crippen molar-refractivity contribution in [1.29, 1.82) is 0 Å². The van der Waals surface area contributed by atoms with E-state index in [1.165, 1.54) is 0 Å². The SMILES string of the molecule is CCCNc1nc(NC2CCOC(C)C2)nc(OC)n1. The first kappa shape index (κ1) is 14.8. The molecule has 0 saturated carbocycles. The maximum Gasteiger partial charge on any atom is 0.322 e. The third-order valence-electron chi connectivity index (χ3n) is 3.15. The molecule has 0 radical (unpaired) electrons. The Morgan fingerprint density at radius 1 is 1.30 bits per heavy atom. The highest BCUT2D eigenvalue weighted by molar-refractivity contribution is 5.36. The Morgan fingerprint density at radius 3 is 2.80 bits per heavy atom. The van der Waals surface area contributed by atoms with Crippen LogP contribution in [0.5, 0.6) is 6.01 Å². The van der Waals surface area contributed by atoms with Gasteiger partial charge in [0.2, 0.25) is 11.9 Å². The standard InChI is InChI=1S/C13H23N5O2/c1-4-6-14-11-16-12(18-13(17-11)19-3)15-10-5-7-20-9(2)8-10/h9-10H,4-8H2,1-3H3,(H2,14,15,16,17,18). The lowest BCUT2D eigenvalue weighted by Gasteiger charge is -2.27. The van der Waals surface area contributed by atoms with Crippen molar-refractivity contribution in [1.82, 2.24) is 15.0 Å². The Labute approximate surface area is 119 Å². The Kier molecular flexibility index (Phi) is 5.34. The first-order valence-electron chi connectivity index (χ1n) is 7.13. The average molecular weight is 281 g/mol. The number of hydrogen-bond donors (Lipinski definition) is 2. The summed E-state index contributed by atoms with van der Waals surface area (Å²) in [7, 11) is 1.55. The fourth-order valence-electron chi connectivity index (χ4n) is 2.14. The summed E-state index contributed by atoms with van der Waals surface area (Å²) in [6.07, 6.45) is 3.18. The molecule has 20 heavy (non-hydrogen) atoms. The molecular formula is C13H23N5O2. The predicted octanol–water partition coefficient (Wildman–Crippen LogP) is 1.68. The number of hydrogen-bond acceptors (Lipinski definition) is 7. The van der Waals surface area contributed by atoms with Gasteiger partial charge in [-0.1, -0.05) is 6.92 Å². The highest BCUT2D eigenvalue weighted by Gasteiger charge is 2.20. The number of ether oxygens (including phenoxy) is 2. The van der Waals surface area contributed by atoms with E-state index in [4.69, 9.17) is 9.47 Å². The maximum atomic E-state index is 5.54. The third-order valence-corrected chi connectivity index (χ3v) is 3.15. The van der Waals surface area contributed by atoms with E-state index in [0.29, 0.717) is 23.9 Å². The summed E-state index contributed by atoms with van der Waals surface area (Å²) < 4.78 is 10.7. The van der Waals surface area contributed by atoms with Crippen LogP contribution < -0.4 is 15.4 Å². The van der Waals surface area contributed by atoms with Gasteiger partial charge in [-0.15, -0.1) is 0 Å². The van der Waals surface area contributed by atoms with Crippen LogP contribution >= 0.6 is 0 Å². The second-order valence-electron chi connectivity index (χ2n) is 4.94. The molecule has 0 spiro atoms. The van der Waals surface area contributed by atoms with Gasteiger partial charge in [0.05, 0.1) is 13.2 Å². The normalized spacial score (nSPS) is 22.4. The summed E-state index contributed by atoms with van der Waals surface area (Å²) in [4.78, 5) is 12.8. The molecular weight excluding hydrogens is 258 g/mol. The smallest absolute Gasteiger partial charge is 0.322 e. The van der Waals surface area contributed by atoms with Crippen LogP contribution in [0.1, 0.15) is 33.1 Å². The fraction of sp³-hybridized carbons (Fsp3) is 0.769. The van der Waals surface area contributed by atoms with Crippen molar-refractivity contribution in [2.75, 3.05) is 30.9 Å². The summed E-state index contributed by atoms with van der Waals surface area (Å²) in [5.74, 6) is 1.09. The van der Waals surface area contributed by atoms with Crippen molar-refractivity contribution in [3.05, 3.63) is 0 Å². The molecule has 112 valence electrons. The zero-order valence-electron chi connectivity index (χ0n) is 12.3. The van der Waals surface area contributed by atoms with E-state index in [2.05, 4.69) is 39.4 Å². The van der Waals surface area contributed by atoms with Gasteiger partial charge in [-0.3, -0.25) is 0 Å². The quantitative estimate of drug-likeness (QED) is 0.821. The molecule has 2 unspecified atom stereocenters. The molecule has 2 heterocycles. The lowest BCUT2D eigenvalue weighted by molar-refractivity contribution is 0.0231. The van der Waals surface area contributed by atoms with Crippen molar-refractivity contribution < 1.29 is 9.47 Å². The van der Waals surface area contributed by atoms with Crippen LogP contribution in [0.15, 0.2) is 0 Å². The van der Waals surface area contributed by atoms with Crippen LogP contribution in [-0.2, 0) is 4.74 Å². The van der Waals surface area contributed by atoms with Gasteiger partial charge >= 0.3 is 6.01 Å². The van der Waals surface area contributed by atoms with Crippen LogP contribution in [0, 0.1) is 0 Å². The van der Waals surface area contributed by atoms with Gasteiger partial charge < -0.3 is 20.1 Å². The first-order valence-corrected chi connectivity index (χ1v) is 7.13. The molecule has 1 aromatic heterocycles. The molecule has 0 bridgehead atoms. The number of nitrogens with one attached hydrogen (secondary N) is 2. The molecule has 1 fully saturated rings. The highest BCUT2D eigenvalue weighted by atomic mass is 16.5. The minimum Gasteiger partial charge on any atom is -0.467 e. The van der Waals surface area contributed by atoms with Gasteiger partial charge in [-0.05, 0) is 26.2 Å². The van der Waals surface area contributed by atoms with E-state index >= 15 is 0 Å². The Bertz CT molecular complexity index is 429. The molecule has 1 aliphatic rings. The van der Waals surface area contributed by atoms with E-state index in [1.54, 1.807) is 7.11 Å². The van der Waals surface area contributed by atoms with Crippen molar-refractivity contribution >= 4 is 11.9 Å². The minimum absolute atomic E-state index is 0.266. The summed E-state index contributed by atoms with van der Waals surface area (Å²) in [6, 6.07) is 0.645. The van der Waals surface area contributed by atoms with E-state index in [0.717, 1.165) is 32.4 Å². The molecule has 1 aliphatic heterocycles. The topological polar surface area (TPSA) is 81.2 Å². The zero-order valence-corrected chi connectivity index (χ0v) is 12.3. The van der Waals surface area contributed by atoms with Crippen LogP contribution in [0.25, 0.3) is 0 Å². The van der Waals surface area contributed by atoms with Gasteiger partial charge in [0.15, 0.2) is 0 Å². The van der Waals surface area contributed by atoms with Crippen LogP contribution in [-0.4, -0.2) is 47.4 Å². The molecule has 2 atom stereocenters. The molecule has 7 nitrogen and oxygen atoms in total. The molecule has 1 saturated heterocycles. The molecule has 2 rings (SSSR count).